The van der Waals surface area contributed by atoms with Gasteiger partial charge in [-0.1, -0.05) is 6.42 Å². The van der Waals surface area contributed by atoms with E-state index in [1.807, 2.05) is 0 Å². The molecule has 0 spiro atoms. The summed E-state index contributed by atoms with van der Waals surface area (Å²) in [6.07, 6.45) is 8.46. The van der Waals surface area contributed by atoms with Crippen molar-refractivity contribution in [1.82, 2.24) is 5.32 Å². The summed E-state index contributed by atoms with van der Waals surface area (Å²) in [5.41, 5.74) is 1.02. The normalized spacial score (nSPS) is 23.9. The lowest BCUT2D eigenvalue weighted by molar-refractivity contribution is 0.118. The van der Waals surface area contributed by atoms with Gasteiger partial charge >= 0.3 is 0 Å². The molecule has 0 aromatic heterocycles. The van der Waals surface area contributed by atoms with Gasteiger partial charge in [0, 0.05) is 6.04 Å². The molecule has 1 saturated carbocycles. The highest BCUT2D eigenvalue weighted by Gasteiger charge is 2.22. The Morgan fingerprint density at radius 1 is 1.16 bits per heavy atom. The van der Waals surface area contributed by atoms with Crippen molar-refractivity contribution in [2.24, 2.45) is 0 Å². The summed E-state index contributed by atoms with van der Waals surface area (Å²) in [6, 6.07) is 5.42. The molecule has 0 amide bonds. The maximum absolute atomic E-state index is 13.5. The SMILES string of the molecule is Fc1ccc(OC2CCC2)c(CC2CCCCN2)c1. The molecule has 3 rings (SSSR count). The first-order valence-electron chi connectivity index (χ1n) is 7.50. The van der Waals surface area contributed by atoms with E-state index in [0.717, 1.165) is 37.1 Å². The monoisotopic (exact) mass is 263 g/mol. The van der Waals surface area contributed by atoms with Crippen molar-refractivity contribution in [3.63, 3.8) is 0 Å². The Kier molecular flexibility index (Phi) is 4.02. The van der Waals surface area contributed by atoms with Gasteiger partial charge in [-0.3, -0.25) is 0 Å². The smallest absolute Gasteiger partial charge is 0.123 e. The van der Waals surface area contributed by atoms with Crippen molar-refractivity contribution < 1.29 is 9.13 Å². The van der Waals surface area contributed by atoms with Gasteiger partial charge in [-0.05, 0) is 68.8 Å². The number of piperidine rings is 1. The van der Waals surface area contributed by atoms with Crippen LogP contribution >= 0.6 is 0 Å². The molecule has 1 saturated heterocycles. The minimum absolute atomic E-state index is 0.160. The van der Waals surface area contributed by atoms with Crippen LogP contribution < -0.4 is 10.1 Å². The number of halogens is 1. The van der Waals surface area contributed by atoms with Gasteiger partial charge in [0.05, 0.1) is 6.10 Å². The van der Waals surface area contributed by atoms with Crippen LogP contribution in [0.3, 0.4) is 0 Å². The zero-order valence-corrected chi connectivity index (χ0v) is 11.3. The summed E-state index contributed by atoms with van der Waals surface area (Å²) < 4.78 is 19.4. The molecule has 19 heavy (non-hydrogen) atoms. The summed E-state index contributed by atoms with van der Waals surface area (Å²) in [6.45, 7) is 1.08. The van der Waals surface area contributed by atoms with Gasteiger partial charge in [-0.15, -0.1) is 0 Å². The fraction of sp³-hybridized carbons (Fsp3) is 0.625. The van der Waals surface area contributed by atoms with Crippen LogP contribution in [0.15, 0.2) is 18.2 Å². The predicted octanol–water partition coefficient (Wildman–Crippen LogP) is 3.44. The number of ether oxygens (including phenoxy) is 1. The van der Waals surface area contributed by atoms with E-state index in [9.17, 15) is 4.39 Å². The lowest BCUT2D eigenvalue weighted by Gasteiger charge is -2.29. The molecule has 104 valence electrons. The van der Waals surface area contributed by atoms with E-state index in [-0.39, 0.29) is 5.82 Å². The first-order valence-corrected chi connectivity index (χ1v) is 7.50. The molecule has 0 bridgehead atoms. The van der Waals surface area contributed by atoms with Gasteiger partial charge in [0.1, 0.15) is 11.6 Å². The number of hydrogen-bond acceptors (Lipinski definition) is 2. The van der Waals surface area contributed by atoms with Gasteiger partial charge in [-0.25, -0.2) is 4.39 Å². The van der Waals surface area contributed by atoms with E-state index in [4.69, 9.17) is 4.74 Å². The fourth-order valence-corrected chi connectivity index (χ4v) is 2.85. The predicted molar refractivity (Wildman–Crippen MR) is 74.0 cm³/mol. The summed E-state index contributed by atoms with van der Waals surface area (Å²) in [5.74, 6) is 0.727. The van der Waals surface area contributed by atoms with Gasteiger partial charge in [0.15, 0.2) is 0 Å². The lowest BCUT2D eigenvalue weighted by Crippen LogP contribution is -2.35. The van der Waals surface area contributed by atoms with Crippen molar-refractivity contribution in [2.75, 3.05) is 6.54 Å². The van der Waals surface area contributed by atoms with Crippen molar-refractivity contribution >= 4 is 0 Å². The largest absolute Gasteiger partial charge is 0.490 e. The summed E-state index contributed by atoms with van der Waals surface area (Å²) >= 11 is 0. The molecule has 2 fully saturated rings. The molecular weight excluding hydrogens is 241 g/mol. The van der Waals surface area contributed by atoms with Crippen molar-refractivity contribution in [3.8, 4) is 5.75 Å². The molecule has 0 radical (unpaired) electrons. The maximum atomic E-state index is 13.5. The highest BCUT2D eigenvalue weighted by Crippen LogP contribution is 2.29. The Balaban J connectivity index is 1.71. The molecule has 3 heteroatoms. The van der Waals surface area contributed by atoms with Gasteiger partial charge in [0.2, 0.25) is 0 Å². The molecule has 2 aliphatic rings. The highest BCUT2D eigenvalue weighted by molar-refractivity contribution is 5.35. The topological polar surface area (TPSA) is 21.3 Å². The Bertz CT molecular complexity index is 425. The van der Waals surface area contributed by atoms with Crippen molar-refractivity contribution in [1.29, 1.82) is 0 Å². The van der Waals surface area contributed by atoms with Crippen LogP contribution in [0.25, 0.3) is 0 Å². The number of nitrogens with one attached hydrogen (secondary N) is 1. The second-order valence-electron chi connectivity index (χ2n) is 5.77. The molecular formula is C16H22FNO. The Morgan fingerprint density at radius 2 is 2.05 bits per heavy atom. The van der Waals surface area contributed by atoms with E-state index in [1.54, 1.807) is 12.1 Å². The molecule has 1 aromatic carbocycles. The minimum Gasteiger partial charge on any atom is -0.490 e. The summed E-state index contributed by atoms with van der Waals surface area (Å²) in [7, 11) is 0. The zero-order chi connectivity index (χ0) is 13.1. The third-order valence-corrected chi connectivity index (χ3v) is 4.25. The number of hydrogen-bond donors (Lipinski definition) is 1. The van der Waals surface area contributed by atoms with E-state index >= 15 is 0 Å². The first-order chi connectivity index (χ1) is 9.31. The molecule has 1 aliphatic carbocycles. The summed E-state index contributed by atoms with van der Waals surface area (Å²) in [5, 5.41) is 3.52. The maximum Gasteiger partial charge on any atom is 0.123 e. The Hall–Kier alpha value is -1.09. The van der Waals surface area contributed by atoms with Gasteiger partial charge in [-0.2, -0.15) is 0 Å². The quantitative estimate of drug-likeness (QED) is 0.898. The average Bonchev–Trinajstić information content (AvgIpc) is 2.37. The fourth-order valence-electron chi connectivity index (χ4n) is 2.85. The molecule has 1 aliphatic heterocycles. The first kappa shape index (κ1) is 12.9. The molecule has 1 atom stereocenters. The van der Waals surface area contributed by atoms with Crippen LogP contribution in [0, 0.1) is 5.82 Å². The third-order valence-electron chi connectivity index (χ3n) is 4.25. The lowest BCUT2D eigenvalue weighted by atomic mass is 9.95. The zero-order valence-electron chi connectivity index (χ0n) is 11.3. The molecule has 1 aromatic rings. The molecule has 1 N–H and O–H groups in total. The number of benzene rings is 1. The molecule has 1 unspecified atom stereocenters. The van der Waals surface area contributed by atoms with Gasteiger partial charge < -0.3 is 10.1 Å². The minimum atomic E-state index is -0.160. The van der Waals surface area contributed by atoms with Gasteiger partial charge in [0.25, 0.3) is 0 Å². The second kappa shape index (κ2) is 5.91. The van der Waals surface area contributed by atoms with E-state index in [1.165, 1.54) is 31.7 Å². The van der Waals surface area contributed by atoms with Crippen molar-refractivity contribution in [3.05, 3.63) is 29.6 Å². The standard InChI is InChI=1S/C16H22FNO/c17-13-7-8-16(19-15-5-3-6-15)12(10-13)11-14-4-1-2-9-18-14/h7-8,10,14-15,18H,1-6,9,11H2. The van der Waals surface area contributed by atoms with Crippen molar-refractivity contribution in [2.45, 2.75) is 57.1 Å². The van der Waals surface area contributed by atoms with Crippen LogP contribution in [0.1, 0.15) is 44.1 Å². The highest BCUT2D eigenvalue weighted by atomic mass is 19.1. The Labute approximate surface area is 114 Å². The molecule has 2 nitrogen and oxygen atoms in total. The van der Waals surface area contributed by atoms with Crippen LogP contribution in [0.2, 0.25) is 0 Å². The van der Waals surface area contributed by atoms with Crippen LogP contribution in [-0.2, 0) is 6.42 Å². The van der Waals surface area contributed by atoms with E-state index < -0.39 is 0 Å². The molecule has 1 heterocycles. The average molecular weight is 263 g/mol. The van der Waals surface area contributed by atoms with E-state index in [0.29, 0.717) is 12.1 Å². The summed E-state index contributed by atoms with van der Waals surface area (Å²) in [4.78, 5) is 0. The van der Waals surface area contributed by atoms with Crippen LogP contribution in [0.4, 0.5) is 4.39 Å². The second-order valence-corrected chi connectivity index (χ2v) is 5.77. The van der Waals surface area contributed by atoms with Crippen LogP contribution in [-0.4, -0.2) is 18.7 Å². The Morgan fingerprint density at radius 3 is 2.74 bits per heavy atom. The number of rotatable bonds is 4. The third kappa shape index (κ3) is 3.27. The van der Waals surface area contributed by atoms with Crippen LogP contribution in [0.5, 0.6) is 5.75 Å². The van der Waals surface area contributed by atoms with E-state index in [2.05, 4.69) is 5.32 Å².